The van der Waals surface area contributed by atoms with Gasteiger partial charge in [0.25, 0.3) is 0 Å². The van der Waals surface area contributed by atoms with Gasteiger partial charge in [-0.25, -0.2) is 0 Å². The van der Waals surface area contributed by atoms with E-state index in [9.17, 15) is 5.11 Å². The molecule has 0 aromatic carbocycles. The lowest BCUT2D eigenvalue weighted by molar-refractivity contribution is -0.00724. The van der Waals surface area contributed by atoms with Gasteiger partial charge in [0.1, 0.15) is 6.61 Å². The SMILES string of the molecule is C=COCCOCC1C(CO)C2CC1C1CCCC12. The fraction of sp³-hybridized carbons (Fsp3) is 0.875. The Balaban J connectivity index is 1.54. The Bertz CT molecular complexity index is 317. The summed E-state index contributed by atoms with van der Waals surface area (Å²) in [6, 6.07) is 0. The first-order chi connectivity index (χ1) is 9.36. The van der Waals surface area contributed by atoms with Gasteiger partial charge in [-0.1, -0.05) is 13.0 Å². The second-order valence-corrected chi connectivity index (χ2v) is 6.44. The Morgan fingerprint density at radius 3 is 2.47 bits per heavy atom. The van der Waals surface area contributed by atoms with Crippen LogP contribution in [0.3, 0.4) is 0 Å². The van der Waals surface area contributed by atoms with E-state index in [0.29, 0.717) is 31.7 Å². The average Bonchev–Trinajstić information content (AvgIpc) is 3.09. The van der Waals surface area contributed by atoms with Gasteiger partial charge in [0.15, 0.2) is 0 Å². The minimum Gasteiger partial charge on any atom is -0.499 e. The third-order valence-electron chi connectivity index (χ3n) is 5.90. The third kappa shape index (κ3) is 2.31. The summed E-state index contributed by atoms with van der Waals surface area (Å²) < 4.78 is 10.8. The molecule has 2 bridgehead atoms. The van der Waals surface area contributed by atoms with Gasteiger partial charge in [0.2, 0.25) is 0 Å². The molecule has 0 spiro atoms. The summed E-state index contributed by atoms with van der Waals surface area (Å²) in [5.41, 5.74) is 0. The number of hydrogen-bond acceptors (Lipinski definition) is 3. The molecule has 19 heavy (non-hydrogen) atoms. The Kier molecular flexibility index (Phi) is 4.13. The second kappa shape index (κ2) is 5.84. The van der Waals surface area contributed by atoms with Crippen LogP contribution in [0, 0.1) is 35.5 Å². The van der Waals surface area contributed by atoms with E-state index in [1.54, 1.807) is 0 Å². The van der Waals surface area contributed by atoms with Gasteiger partial charge in [0, 0.05) is 6.61 Å². The highest BCUT2D eigenvalue weighted by Crippen LogP contribution is 2.63. The molecule has 3 heteroatoms. The zero-order chi connectivity index (χ0) is 13.2. The van der Waals surface area contributed by atoms with Crippen LogP contribution in [0.5, 0.6) is 0 Å². The van der Waals surface area contributed by atoms with Crippen LogP contribution in [-0.2, 0) is 9.47 Å². The molecule has 0 radical (unpaired) electrons. The van der Waals surface area contributed by atoms with Crippen LogP contribution in [-0.4, -0.2) is 31.5 Å². The standard InChI is InChI=1S/C16H26O3/c1-2-18-6-7-19-10-16-14-8-13(15(16)9-17)11-4-3-5-12(11)14/h2,11-17H,1,3-10H2. The number of rotatable bonds is 7. The quantitative estimate of drug-likeness (QED) is 0.568. The van der Waals surface area contributed by atoms with Crippen LogP contribution in [0.4, 0.5) is 0 Å². The van der Waals surface area contributed by atoms with E-state index in [1.807, 2.05) is 0 Å². The number of aliphatic hydroxyl groups is 1. The molecule has 0 aliphatic heterocycles. The monoisotopic (exact) mass is 266 g/mol. The Hall–Kier alpha value is -0.540. The molecule has 3 aliphatic rings. The molecule has 6 unspecified atom stereocenters. The van der Waals surface area contributed by atoms with Crippen LogP contribution in [0.15, 0.2) is 12.8 Å². The van der Waals surface area contributed by atoms with Crippen LogP contribution in [0.1, 0.15) is 25.7 Å². The number of fused-ring (bicyclic) bond motifs is 5. The van der Waals surface area contributed by atoms with Crippen molar-refractivity contribution in [2.45, 2.75) is 25.7 Å². The Morgan fingerprint density at radius 1 is 1.05 bits per heavy atom. The molecule has 0 saturated heterocycles. The van der Waals surface area contributed by atoms with Crippen LogP contribution >= 0.6 is 0 Å². The zero-order valence-electron chi connectivity index (χ0n) is 11.7. The fourth-order valence-corrected chi connectivity index (χ4v) is 5.29. The molecule has 3 fully saturated rings. The van der Waals surface area contributed by atoms with E-state index in [-0.39, 0.29) is 0 Å². The molecule has 108 valence electrons. The summed E-state index contributed by atoms with van der Waals surface area (Å²) in [7, 11) is 0. The van der Waals surface area contributed by atoms with Crippen molar-refractivity contribution >= 4 is 0 Å². The predicted molar refractivity (Wildman–Crippen MR) is 73.5 cm³/mol. The fourth-order valence-electron chi connectivity index (χ4n) is 5.29. The van der Waals surface area contributed by atoms with E-state index in [4.69, 9.17) is 9.47 Å². The minimum absolute atomic E-state index is 0.349. The van der Waals surface area contributed by atoms with E-state index in [2.05, 4.69) is 6.58 Å². The van der Waals surface area contributed by atoms with E-state index in [1.165, 1.54) is 31.9 Å². The van der Waals surface area contributed by atoms with Crippen molar-refractivity contribution < 1.29 is 14.6 Å². The summed E-state index contributed by atoms with van der Waals surface area (Å²) in [6.45, 7) is 5.88. The van der Waals surface area contributed by atoms with Gasteiger partial charge in [-0.05, 0) is 54.8 Å². The van der Waals surface area contributed by atoms with E-state index < -0.39 is 0 Å². The molecule has 3 aliphatic carbocycles. The van der Waals surface area contributed by atoms with Gasteiger partial charge < -0.3 is 14.6 Å². The molecule has 6 atom stereocenters. The molecular weight excluding hydrogens is 240 g/mol. The van der Waals surface area contributed by atoms with Gasteiger partial charge in [-0.15, -0.1) is 0 Å². The molecule has 0 aromatic heterocycles. The molecule has 3 nitrogen and oxygen atoms in total. The highest BCUT2D eigenvalue weighted by atomic mass is 16.5. The molecule has 0 aromatic rings. The molecule has 1 N–H and O–H groups in total. The van der Waals surface area contributed by atoms with Crippen LogP contribution in [0.2, 0.25) is 0 Å². The molecule has 0 amide bonds. The topological polar surface area (TPSA) is 38.7 Å². The van der Waals surface area contributed by atoms with Crippen LogP contribution in [0.25, 0.3) is 0 Å². The van der Waals surface area contributed by atoms with Crippen molar-refractivity contribution in [1.29, 1.82) is 0 Å². The highest BCUT2D eigenvalue weighted by molar-refractivity contribution is 5.06. The molecule has 0 heterocycles. The Morgan fingerprint density at radius 2 is 1.79 bits per heavy atom. The van der Waals surface area contributed by atoms with Crippen molar-refractivity contribution in [3.8, 4) is 0 Å². The van der Waals surface area contributed by atoms with Gasteiger partial charge in [0.05, 0.1) is 19.5 Å². The Labute approximate surface area is 116 Å². The van der Waals surface area contributed by atoms with Gasteiger partial charge in [-0.3, -0.25) is 0 Å². The molecule has 3 saturated carbocycles. The normalized spacial score (nSPS) is 43.4. The summed E-state index contributed by atoms with van der Waals surface area (Å²) in [6.07, 6.45) is 7.03. The maximum Gasteiger partial charge on any atom is 0.111 e. The van der Waals surface area contributed by atoms with Crippen molar-refractivity contribution in [3.05, 3.63) is 12.8 Å². The lowest BCUT2D eigenvalue weighted by atomic mass is 9.70. The summed E-state index contributed by atoms with van der Waals surface area (Å²) in [4.78, 5) is 0. The largest absolute Gasteiger partial charge is 0.499 e. The van der Waals surface area contributed by atoms with Gasteiger partial charge >= 0.3 is 0 Å². The van der Waals surface area contributed by atoms with E-state index in [0.717, 1.165) is 30.3 Å². The summed E-state index contributed by atoms with van der Waals surface area (Å²) in [5, 5.41) is 9.73. The van der Waals surface area contributed by atoms with Crippen molar-refractivity contribution in [1.82, 2.24) is 0 Å². The van der Waals surface area contributed by atoms with Crippen molar-refractivity contribution in [2.24, 2.45) is 35.5 Å². The summed E-state index contributed by atoms with van der Waals surface area (Å²) >= 11 is 0. The first-order valence-corrected chi connectivity index (χ1v) is 7.78. The first kappa shape index (κ1) is 13.4. The maximum atomic E-state index is 9.73. The predicted octanol–water partition coefficient (Wildman–Crippen LogP) is 2.45. The zero-order valence-corrected chi connectivity index (χ0v) is 11.7. The minimum atomic E-state index is 0.349. The van der Waals surface area contributed by atoms with Crippen LogP contribution < -0.4 is 0 Å². The van der Waals surface area contributed by atoms with E-state index >= 15 is 0 Å². The lowest BCUT2D eigenvalue weighted by Gasteiger charge is -2.37. The second-order valence-electron chi connectivity index (χ2n) is 6.44. The molecular formula is C16H26O3. The molecule has 3 rings (SSSR count). The lowest BCUT2D eigenvalue weighted by Crippen LogP contribution is -2.37. The third-order valence-corrected chi connectivity index (χ3v) is 5.90. The highest BCUT2D eigenvalue weighted by Gasteiger charge is 2.58. The first-order valence-electron chi connectivity index (χ1n) is 7.78. The maximum absolute atomic E-state index is 9.73. The number of hydrogen-bond donors (Lipinski definition) is 1. The smallest absolute Gasteiger partial charge is 0.111 e. The van der Waals surface area contributed by atoms with Gasteiger partial charge in [-0.2, -0.15) is 0 Å². The number of ether oxygens (including phenoxy) is 2. The van der Waals surface area contributed by atoms with Crippen molar-refractivity contribution in [3.63, 3.8) is 0 Å². The average molecular weight is 266 g/mol. The van der Waals surface area contributed by atoms with Crippen molar-refractivity contribution in [2.75, 3.05) is 26.4 Å². The number of aliphatic hydroxyl groups excluding tert-OH is 1. The summed E-state index contributed by atoms with van der Waals surface area (Å²) in [5.74, 6) is 4.52.